The zero-order chi connectivity index (χ0) is 14.7. The van der Waals surface area contributed by atoms with Crippen LogP contribution in [0.2, 0.25) is 0 Å². The summed E-state index contributed by atoms with van der Waals surface area (Å²) < 4.78 is 11.3. The molecule has 7 heteroatoms. The topological polar surface area (TPSA) is 67.7 Å². The molecular weight excluding hydrogens is 290 g/mol. The quantitative estimate of drug-likeness (QED) is 0.907. The Labute approximate surface area is 129 Å². The summed E-state index contributed by atoms with van der Waals surface area (Å²) in [5.74, 6) is 0. The predicted octanol–water partition coefficient (Wildman–Crippen LogP) is 1.44. The third-order valence-corrected chi connectivity index (χ3v) is 5.13. The molecule has 0 amide bonds. The molecule has 1 aromatic heterocycles. The number of likely N-dealkylation sites (tertiary alicyclic amines) is 1. The molecule has 0 saturated carbocycles. The van der Waals surface area contributed by atoms with Crippen LogP contribution in [0.4, 0.5) is 0 Å². The van der Waals surface area contributed by atoms with Crippen LogP contribution >= 0.6 is 11.3 Å². The van der Waals surface area contributed by atoms with Gasteiger partial charge in [-0.25, -0.2) is 0 Å². The van der Waals surface area contributed by atoms with E-state index in [0.717, 1.165) is 50.3 Å². The van der Waals surface area contributed by atoms with Crippen LogP contribution in [0.5, 0.6) is 5.19 Å². The summed E-state index contributed by atoms with van der Waals surface area (Å²) in [5, 5.41) is 19.7. The molecule has 2 aliphatic rings. The van der Waals surface area contributed by atoms with Gasteiger partial charge in [0.15, 0.2) is 0 Å². The summed E-state index contributed by atoms with van der Waals surface area (Å²) >= 11 is 1.52. The lowest BCUT2D eigenvalue weighted by Crippen LogP contribution is -2.50. The second-order valence-electron chi connectivity index (χ2n) is 5.85. The van der Waals surface area contributed by atoms with Crippen LogP contribution in [0.1, 0.15) is 37.6 Å². The van der Waals surface area contributed by atoms with Crippen molar-refractivity contribution in [1.29, 1.82) is 0 Å². The lowest BCUT2D eigenvalue weighted by atomic mass is 9.83. The van der Waals surface area contributed by atoms with E-state index < -0.39 is 0 Å². The summed E-state index contributed by atoms with van der Waals surface area (Å²) in [7, 11) is 0. The summed E-state index contributed by atoms with van der Waals surface area (Å²) in [4.78, 5) is 2.38. The SMILES string of the molecule is CCOc1nnc(CN2CCC3(CC2)CC(O)CCO3)s1. The van der Waals surface area contributed by atoms with Gasteiger partial charge in [-0.1, -0.05) is 11.3 Å². The van der Waals surface area contributed by atoms with Gasteiger partial charge in [0.05, 0.1) is 24.9 Å². The van der Waals surface area contributed by atoms with Gasteiger partial charge in [0.1, 0.15) is 5.01 Å². The van der Waals surface area contributed by atoms with Gasteiger partial charge < -0.3 is 14.6 Å². The van der Waals surface area contributed by atoms with E-state index in [1.165, 1.54) is 11.3 Å². The molecular formula is C14H23N3O3S. The van der Waals surface area contributed by atoms with E-state index in [4.69, 9.17) is 9.47 Å². The van der Waals surface area contributed by atoms with Crippen LogP contribution in [-0.4, -0.2) is 58.2 Å². The molecule has 3 heterocycles. The average Bonchev–Trinajstić information content (AvgIpc) is 2.90. The summed E-state index contributed by atoms with van der Waals surface area (Å²) in [6, 6.07) is 0. The number of nitrogens with zero attached hydrogens (tertiary/aromatic N) is 3. The van der Waals surface area contributed by atoms with Crippen molar-refractivity contribution < 1.29 is 14.6 Å². The van der Waals surface area contributed by atoms with Crippen molar-refractivity contribution in [2.24, 2.45) is 0 Å². The minimum atomic E-state index is -0.192. The van der Waals surface area contributed by atoms with Crippen molar-refractivity contribution in [3.05, 3.63) is 5.01 Å². The van der Waals surface area contributed by atoms with E-state index in [1.807, 2.05) is 6.92 Å². The highest BCUT2D eigenvalue weighted by atomic mass is 32.1. The van der Waals surface area contributed by atoms with E-state index in [2.05, 4.69) is 15.1 Å². The molecule has 118 valence electrons. The first kappa shape index (κ1) is 15.1. The largest absolute Gasteiger partial charge is 0.469 e. The molecule has 3 rings (SSSR count). The normalized spacial score (nSPS) is 26.1. The maximum absolute atomic E-state index is 9.86. The Kier molecular flexibility index (Phi) is 4.73. The Hall–Kier alpha value is -0.760. The molecule has 2 aliphatic heterocycles. The molecule has 21 heavy (non-hydrogen) atoms. The van der Waals surface area contributed by atoms with Crippen molar-refractivity contribution in [3.8, 4) is 5.19 Å². The summed E-state index contributed by atoms with van der Waals surface area (Å²) in [5.41, 5.74) is -0.0915. The Bertz CT molecular complexity index is 460. The van der Waals surface area contributed by atoms with Crippen LogP contribution in [0.3, 0.4) is 0 Å². The van der Waals surface area contributed by atoms with Crippen molar-refractivity contribution in [2.75, 3.05) is 26.3 Å². The molecule has 1 N–H and O–H groups in total. The Balaban J connectivity index is 1.51. The minimum Gasteiger partial charge on any atom is -0.469 e. The molecule has 0 aromatic carbocycles. The number of piperidine rings is 1. The maximum Gasteiger partial charge on any atom is 0.294 e. The standard InChI is InChI=1S/C14H23N3O3S/c1-2-19-13-16-15-12(21-13)10-17-6-4-14(5-7-17)9-11(18)3-8-20-14/h11,18H,2-10H2,1H3. The fourth-order valence-electron chi connectivity index (χ4n) is 3.14. The summed E-state index contributed by atoms with van der Waals surface area (Å²) in [6.45, 7) is 6.05. The van der Waals surface area contributed by atoms with Gasteiger partial charge in [-0.15, -0.1) is 10.2 Å². The van der Waals surface area contributed by atoms with Crippen molar-refractivity contribution in [3.63, 3.8) is 0 Å². The number of hydrogen-bond donors (Lipinski definition) is 1. The smallest absolute Gasteiger partial charge is 0.294 e. The minimum absolute atomic E-state index is 0.0915. The van der Waals surface area contributed by atoms with Gasteiger partial charge >= 0.3 is 0 Å². The van der Waals surface area contributed by atoms with E-state index in [-0.39, 0.29) is 11.7 Å². The van der Waals surface area contributed by atoms with Gasteiger partial charge in [0, 0.05) is 26.1 Å². The highest BCUT2D eigenvalue weighted by Gasteiger charge is 2.39. The molecule has 1 atom stereocenters. The van der Waals surface area contributed by atoms with Crippen molar-refractivity contribution in [2.45, 2.75) is 50.9 Å². The third-order valence-electron chi connectivity index (χ3n) is 4.31. The molecule has 1 spiro atoms. The highest BCUT2D eigenvalue weighted by molar-refractivity contribution is 7.13. The Morgan fingerprint density at radius 3 is 2.95 bits per heavy atom. The molecule has 1 unspecified atom stereocenters. The Morgan fingerprint density at radius 1 is 1.43 bits per heavy atom. The van der Waals surface area contributed by atoms with Crippen LogP contribution in [0.15, 0.2) is 0 Å². The molecule has 2 fully saturated rings. The first-order chi connectivity index (χ1) is 10.2. The van der Waals surface area contributed by atoms with Crippen LogP contribution in [0.25, 0.3) is 0 Å². The number of aliphatic hydroxyl groups is 1. The van der Waals surface area contributed by atoms with Crippen molar-refractivity contribution >= 4 is 11.3 Å². The number of ether oxygens (including phenoxy) is 2. The first-order valence-electron chi connectivity index (χ1n) is 7.69. The summed E-state index contributed by atoms with van der Waals surface area (Å²) in [6.07, 6.45) is 3.34. The van der Waals surface area contributed by atoms with Crippen LogP contribution < -0.4 is 4.74 Å². The highest BCUT2D eigenvalue weighted by Crippen LogP contribution is 2.35. The first-order valence-corrected chi connectivity index (χ1v) is 8.50. The Morgan fingerprint density at radius 2 is 2.24 bits per heavy atom. The fraction of sp³-hybridized carbons (Fsp3) is 0.857. The second kappa shape index (κ2) is 6.56. The van der Waals surface area contributed by atoms with Crippen LogP contribution in [0, 0.1) is 0 Å². The van der Waals surface area contributed by atoms with Crippen molar-refractivity contribution in [1.82, 2.24) is 15.1 Å². The van der Waals surface area contributed by atoms with Gasteiger partial charge in [0.2, 0.25) is 0 Å². The molecule has 1 aromatic rings. The van der Waals surface area contributed by atoms with E-state index >= 15 is 0 Å². The van der Waals surface area contributed by atoms with E-state index in [9.17, 15) is 5.11 Å². The lowest BCUT2D eigenvalue weighted by Gasteiger charge is -2.45. The molecule has 0 radical (unpaired) electrons. The fourth-order valence-corrected chi connectivity index (χ4v) is 3.93. The predicted molar refractivity (Wildman–Crippen MR) is 79.5 cm³/mol. The van der Waals surface area contributed by atoms with E-state index in [0.29, 0.717) is 18.4 Å². The van der Waals surface area contributed by atoms with Crippen LogP contribution in [-0.2, 0) is 11.3 Å². The van der Waals surface area contributed by atoms with E-state index in [1.54, 1.807) is 0 Å². The lowest BCUT2D eigenvalue weighted by molar-refractivity contribution is -0.143. The zero-order valence-electron chi connectivity index (χ0n) is 12.5. The molecule has 0 aliphatic carbocycles. The van der Waals surface area contributed by atoms with Gasteiger partial charge in [-0.3, -0.25) is 4.90 Å². The number of aliphatic hydroxyl groups excluding tert-OH is 1. The molecule has 0 bridgehead atoms. The molecule has 6 nitrogen and oxygen atoms in total. The molecule has 2 saturated heterocycles. The van der Waals surface area contributed by atoms with Gasteiger partial charge in [-0.05, 0) is 26.2 Å². The second-order valence-corrected chi connectivity index (χ2v) is 6.87. The third kappa shape index (κ3) is 3.71. The number of rotatable bonds is 4. The monoisotopic (exact) mass is 313 g/mol. The van der Waals surface area contributed by atoms with Gasteiger partial charge in [0.25, 0.3) is 5.19 Å². The number of hydrogen-bond acceptors (Lipinski definition) is 7. The number of aromatic nitrogens is 2. The average molecular weight is 313 g/mol. The maximum atomic E-state index is 9.86. The van der Waals surface area contributed by atoms with Gasteiger partial charge in [-0.2, -0.15) is 0 Å². The zero-order valence-corrected chi connectivity index (χ0v) is 13.3.